The summed E-state index contributed by atoms with van der Waals surface area (Å²) in [6.45, 7) is 4.95. The Balaban J connectivity index is 1.55. The summed E-state index contributed by atoms with van der Waals surface area (Å²) in [5.74, 6) is 0.707. The Morgan fingerprint density at radius 2 is 2.04 bits per heavy atom. The van der Waals surface area contributed by atoms with Gasteiger partial charge < -0.3 is 19.7 Å². The average molecular weight is 354 g/mol. The van der Waals surface area contributed by atoms with Crippen molar-refractivity contribution in [2.75, 3.05) is 43.1 Å². The van der Waals surface area contributed by atoms with Crippen molar-refractivity contribution in [3.05, 3.63) is 54.1 Å². The second kappa shape index (κ2) is 9.25. The van der Waals surface area contributed by atoms with Gasteiger partial charge in [-0.3, -0.25) is 4.79 Å². The number of anilines is 2. The van der Waals surface area contributed by atoms with E-state index in [0.717, 1.165) is 30.8 Å². The first kappa shape index (κ1) is 18.3. The first-order chi connectivity index (χ1) is 12.8. The lowest BCUT2D eigenvalue weighted by Gasteiger charge is -2.30. The smallest absolute Gasteiger partial charge is 0.243 e. The van der Waals surface area contributed by atoms with Crippen LogP contribution in [0.25, 0.3) is 0 Å². The van der Waals surface area contributed by atoms with Gasteiger partial charge >= 0.3 is 0 Å². The molecule has 0 spiro atoms. The lowest BCUT2D eigenvalue weighted by atomic mass is 10.0. The van der Waals surface area contributed by atoms with Crippen molar-refractivity contribution in [3.8, 4) is 5.75 Å². The van der Waals surface area contributed by atoms with Gasteiger partial charge in [0.1, 0.15) is 12.4 Å². The maximum absolute atomic E-state index is 12.5. The number of ether oxygens (including phenoxy) is 2. The quantitative estimate of drug-likeness (QED) is 0.737. The van der Waals surface area contributed by atoms with Crippen LogP contribution >= 0.6 is 0 Å². The van der Waals surface area contributed by atoms with Gasteiger partial charge in [0.05, 0.1) is 13.2 Å². The molecule has 5 heteroatoms. The normalized spacial score (nSPS) is 13.2. The van der Waals surface area contributed by atoms with Gasteiger partial charge in [0.15, 0.2) is 0 Å². The van der Waals surface area contributed by atoms with Gasteiger partial charge in [0.25, 0.3) is 0 Å². The van der Waals surface area contributed by atoms with Gasteiger partial charge in [-0.05, 0) is 43.5 Å². The highest BCUT2D eigenvalue weighted by Gasteiger charge is 2.18. The van der Waals surface area contributed by atoms with Gasteiger partial charge in [-0.2, -0.15) is 0 Å². The molecule has 0 fully saturated rings. The van der Waals surface area contributed by atoms with Crippen molar-refractivity contribution in [3.63, 3.8) is 0 Å². The van der Waals surface area contributed by atoms with Crippen molar-refractivity contribution < 1.29 is 14.3 Å². The maximum Gasteiger partial charge on any atom is 0.243 e. The first-order valence-corrected chi connectivity index (χ1v) is 9.19. The Morgan fingerprint density at radius 1 is 1.15 bits per heavy atom. The fourth-order valence-electron chi connectivity index (χ4n) is 3.18. The maximum atomic E-state index is 12.5. The number of nitrogens with one attached hydrogen (secondary N) is 1. The third kappa shape index (κ3) is 4.99. The number of benzene rings is 2. The molecule has 5 nitrogen and oxygen atoms in total. The van der Waals surface area contributed by atoms with Crippen LogP contribution in [0.3, 0.4) is 0 Å². The zero-order valence-corrected chi connectivity index (χ0v) is 15.2. The molecule has 1 heterocycles. The van der Waals surface area contributed by atoms with Crippen LogP contribution in [0.1, 0.15) is 18.9 Å². The van der Waals surface area contributed by atoms with Gasteiger partial charge in [0, 0.05) is 30.6 Å². The number of amides is 1. The van der Waals surface area contributed by atoms with Crippen LogP contribution < -0.4 is 15.0 Å². The minimum absolute atomic E-state index is 0.0202. The SMILES string of the molecule is CCOCCOc1cccc(NC(=O)CN2CCCc3ccccc32)c1. The summed E-state index contributed by atoms with van der Waals surface area (Å²) >= 11 is 0. The van der Waals surface area contributed by atoms with Gasteiger partial charge in [-0.15, -0.1) is 0 Å². The van der Waals surface area contributed by atoms with Crippen LogP contribution in [0.4, 0.5) is 11.4 Å². The van der Waals surface area contributed by atoms with Crippen molar-refractivity contribution in [2.45, 2.75) is 19.8 Å². The Morgan fingerprint density at radius 3 is 2.92 bits per heavy atom. The molecule has 1 aliphatic rings. The van der Waals surface area contributed by atoms with E-state index in [2.05, 4.69) is 28.4 Å². The Labute approximate surface area is 154 Å². The van der Waals surface area contributed by atoms with Crippen molar-refractivity contribution in [1.29, 1.82) is 0 Å². The molecular formula is C21H26N2O3. The molecule has 1 amide bonds. The molecule has 0 bridgehead atoms. The number of carbonyl (C=O) groups is 1. The zero-order valence-electron chi connectivity index (χ0n) is 15.2. The summed E-state index contributed by atoms with van der Waals surface area (Å²) in [5.41, 5.74) is 3.23. The Bertz CT molecular complexity index is 733. The average Bonchev–Trinajstić information content (AvgIpc) is 2.66. The highest BCUT2D eigenvalue weighted by molar-refractivity contribution is 5.94. The molecule has 0 atom stereocenters. The van der Waals surface area contributed by atoms with Crippen molar-refractivity contribution in [2.24, 2.45) is 0 Å². The first-order valence-electron chi connectivity index (χ1n) is 9.19. The van der Waals surface area contributed by atoms with Crippen LogP contribution in [0.5, 0.6) is 5.75 Å². The summed E-state index contributed by atoms with van der Waals surface area (Å²) < 4.78 is 10.9. The van der Waals surface area contributed by atoms with Crippen LogP contribution in [0.15, 0.2) is 48.5 Å². The highest BCUT2D eigenvalue weighted by atomic mass is 16.5. The van der Waals surface area contributed by atoms with Crippen molar-refractivity contribution in [1.82, 2.24) is 0 Å². The third-order valence-corrected chi connectivity index (χ3v) is 4.36. The fourth-order valence-corrected chi connectivity index (χ4v) is 3.18. The number of fused-ring (bicyclic) bond motifs is 1. The molecule has 0 aliphatic carbocycles. The number of aryl methyl sites for hydroxylation is 1. The number of para-hydroxylation sites is 1. The zero-order chi connectivity index (χ0) is 18.2. The molecule has 3 rings (SSSR count). The summed E-state index contributed by atoms with van der Waals surface area (Å²) in [7, 11) is 0. The number of hydrogen-bond donors (Lipinski definition) is 1. The predicted molar refractivity (Wildman–Crippen MR) is 104 cm³/mol. The molecule has 0 radical (unpaired) electrons. The van der Waals surface area contributed by atoms with E-state index in [4.69, 9.17) is 9.47 Å². The van der Waals surface area contributed by atoms with Gasteiger partial charge in [0.2, 0.25) is 5.91 Å². The Hall–Kier alpha value is -2.53. The monoisotopic (exact) mass is 354 g/mol. The summed E-state index contributed by atoms with van der Waals surface area (Å²) in [4.78, 5) is 14.6. The van der Waals surface area contributed by atoms with Gasteiger partial charge in [-0.25, -0.2) is 0 Å². The molecule has 2 aromatic rings. The molecule has 1 N–H and O–H groups in total. The second-order valence-electron chi connectivity index (χ2n) is 6.28. The fraction of sp³-hybridized carbons (Fsp3) is 0.381. The summed E-state index contributed by atoms with van der Waals surface area (Å²) in [6, 6.07) is 15.8. The molecular weight excluding hydrogens is 328 g/mol. The molecule has 0 saturated heterocycles. The van der Waals surface area contributed by atoms with E-state index in [1.807, 2.05) is 37.3 Å². The molecule has 2 aromatic carbocycles. The Kier molecular flexibility index (Phi) is 6.50. The molecule has 138 valence electrons. The highest BCUT2D eigenvalue weighted by Crippen LogP contribution is 2.26. The van der Waals surface area contributed by atoms with Crippen molar-refractivity contribution >= 4 is 17.3 Å². The largest absolute Gasteiger partial charge is 0.491 e. The van der Waals surface area contributed by atoms with E-state index in [-0.39, 0.29) is 5.91 Å². The molecule has 0 unspecified atom stereocenters. The van der Waals surface area contributed by atoms with E-state index < -0.39 is 0 Å². The van der Waals surface area contributed by atoms with Gasteiger partial charge in [-0.1, -0.05) is 24.3 Å². The molecule has 0 saturated carbocycles. The standard InChI is InChI=1S/C21H26N2O3/c1-2-25-13-14-26-19-10-5-9-18(15-19)22-21(24)16-23-12-6-8-17-7-3-4-11-20(17)23/h3-5,7,9-11,15H,2,6,8,12-14,16H2,1H3,(H,22,24). The predicted octanol–water partition coefficient (Wildman–Crippen LogP) is 3.49. The van der Waals surface area contributed by atoms with E-state index in [9.17, 15) is 4.79 Å². The third-order valence-electron chi connectivity index (χ3n) is 4.36. The van der Waals surface area contributed by atoms with E-state index in [1.54, 1.807) is 0 Å². The van der Waals surface area contributed by atoms with E-state index in [1.165, 1.54) is 11.3 Å². The number of carbonyl (C=O) groups excluding carboxylic acids is 1. The lowest BCUT2D eigenvalue weighted by molar-refractivity contribution is -0.115. The summed E-state index contributed by atoms with van der Waals surface area (Å²) in [6.07, 6.45) is 2.16. The summed E-state index contributed by atoms with van der Waals surface area (Å²) in [5, 5.41) is 2.97. The molecule has 1 aliphatic heterocycles. The van der Waals surface area contributed by atoms with E-state index >= 15 is 0 Å². The van der Waals surface area contributed by atoms with Crippen LogP contribution in [-0.2, 0) is 16.0 Å². The van der Waals surface area contributed by atoms with Crippen LogP contribution in [0, 0.1) is 0 Å². The topological polar surface area (TPSA) is 50.8 Å². The second-order valence-corrected chi connectivity index (χ2v) is 6.28. The number of rotatable bonds is 8. The number of nitrogens with zero attached hydrogens (tertiary/aromatic N) is 1. The number of hydrogen-bond acceptors (Lipinski definition) is 4. The van der Waals surface area contributed by atoms with E-state index in [0.29, 0.717) is 26.4 Å². The van der Waals surface area contributed by atoms with Crippen LogP contribution in [0.2, 0.25) is 0 Å². The van der Waals surface area contributed by atoms with Crippen LogP contribution in [-0.4, -0.2) is 38.8 Å². The molecule has 0 aromatic heterocycles. The minimum Gasteiger partial charge on any atom is -0.491 e. The minimum atomic E-state index is -0.0202. The lowest BCUT2D eigenvalue weighted by Crippen LogP contribution is -2.36. The molecule has 26 heavy (non-hydrogen) atoms.